The van der Waals surface area contributed by atoms with Gasteiger partial charge in [-0.1, -0.05) is 22.9 Å². The summed E-state index contributed by atoms with van der Waals surface area (Å²) in [6, 6.07) is 3.11. The Morgan fingerprint density at radius 2 is 2.26 bits per heavy atom. The number of ether oxygens (including phenoxy) is 2. The zero-order chi connectivity index (χ0) is 13.4. The number of anilines is 1. The third-order valence-corrected chi connectivity index (χ3v) is 3.47. The lowest BCUT2D eigenvalue weighted by molar-refractivity contribution is 0.102. The Kier molecular flexibility index (Phi) is 3.00. The number of aryl methyl sites for hydroxylation is 1. The first kappa shape index (κ1) is 12.2. The molecule has 0 bridgehead atoms. The van der Waals surface area contributed by atoms with Gasteiger partial charge in [0.1, 0.15) is 5.01 Å². The van der Waals surface area contributed by atoms with Gasteiger partial charge in [0, 0.05) is 5.56 Å². The first-order valence-corrected chi connectivity index (χ1v) is 6.53. The van der Waals surface area contributed by atoms with Crippen LogP contribution in [0.15, 0.2) is 12.1 Å². The highest BCUT2D eigenvalue weighted by Crippen LogP contribution is 2.39. The molecule has 2 aromatic rings. The van der Waals surface area contributed by atoms with Crippen molar-refractivity contribution in [2.24, 2.45) is 0 Å². The maximum atomic E-state index is 12.0. The lowest BCUT2D eigenvalue weighted by atomic mass is 10.2. The molecular formula is C11H8ClN3O3S. The summed E-state index contributed by atoms with van der Waals surface area (Å²) in [5.41, 5.74) is 0.377. The molecule has 6 nitrogen and oxygen atoms in total. The van der Waals surface area contributed by atoms with E-state index in [4.69, 9.17) is 21.1 Å². The van der Waals surface area contributed by atoms with Crippen molar-refractivity contribution in [2.45, 2.75) is 6.92 Å². The zero-order valence-corrected chi connectivity index (χ0v) is 11.3. The summed E-state index contributed by atoms with van der Waals surface area (Å²) in [7, 11) is 0. The molecule has 1 aromatic carbocycles. The van der Waals surface area contributed by atoms with Gasteiger partial charge in [-0.2, -0.15) is 0 Å². The standard InChI is InChI=1S/C11H8ClN3O3S/c1-5-14-15-11(19-5)13-10(16)6-2-7(12)9-8(3-6)17-4-18-9/h2-3H,4H2,1H3,(H,13,15,16). The van der Waals surface area contributed by atoms with Gasteiger partial charge in [0.15, 0.2) is 11.5 Å². The minimum absolute atomic E-state index is 0.107. The number of amides is 1. The van der Waals surface area contributed by atoms with Crippen LogP contribution in [0.4, 0.5) is 5.13 Å². The Balaban J connectivity index is 1.86. The van der Waals surface area contributed by atoms with Crippen LogP contribution in [0.2, 0.25) is 5.02 Å². The van der Waals surface area contributed by atoms with Gasteiger partial charge < -0.3 is 9.47 Å². The molecule has 3 rings (SSSR count). The third-order valence-electron chi connectivity index (χ3n) is 2.44. The van der Waals surface area contributed by atoms with Crippen LogP contribution in [0.5, 0.6) is 11.5 Å². The number of nitrogens with one attached hydrogen (secondary N) is 1. The molecule has 0 saturated heterocycles. The van der Waals surface area contributed by atoms with E-state index in [-0.39, 0.29) is 12.7 Å². The monoisotopic (exact) mass is 297 g/mol. The van der Waals surface area contributed by atoms with E-state index in [1.54, 1.807) is 6.07 Å². The average Bonchev–Trinajstić information content (AvgIpc) is 2.98. The molecule has 0 spiro atoms. The second kappa shape index (κ2) is 4.67. The van der Waals surface area contributed by atoms with Gasteiger partial charge in [-0.15, -0.1) is 10.2 Å². The highest BCUT2D eigenvalue weighted by molar-refractivity contribution is 7.15. The molecule has 0 radical (unpaired) electrons. The molecule has 1 aromatic heterocycles. The van der Waals surface area contributed by atoms with Crippen molar-refractivity contribution in [1.29, 1.82) is 0 Å². The topological polar surface area (TPSA) is 73.3 Å². The number of nitrogens with zero attached hydrogens (tertiary/aromatic N) is 2. The van der Waals surface area contributed by atoms with E-state index in [1.807, 2.05) is 6.92 Å². The SMILES string of the molecule is Cc1nnc(NC(=O)c2cc(Cl)c3c(c2)OCO3)s1. The average molecular weight is 298 g/mol. The van der Waals surface area contributed by atoms with Crippen molar-refractivity contribution in [1.82, 2.24) is 10.2 Å². The van der Waals surface area contributed by atoms with Crippen molar-refractivity contribution in [3.05, 3.63) is 27.7 Å². The number of carbonyl (C=O) groups excluding carboxylic acids is 1. The molecule has 0 fully saturated rings. The molecule has 1 aliphatic heterocycles. The predicted octanol–water partition coefficient (Wildman–Crippen LogP) is 2.48. The van der Waals surface area contributed by atoms with E-state index in [9.17, 15) is 4.79 Å². The normalized spacial score (nSPS) is 12.5. The third kappa shape index (κ3) is 2.34. The second-order valence-corrected chi connectivity index (χ2v) is 5.36. The summed E-state index contributed by atoms with van der Waals surface area (Å²) in [6.07, 6.45) is 0. The highest BCUT2D eigenvalue weighted by Gasteiger charge is 2.21. The molecule has 1 aliphatic rings. The van der Waals surface area contributed by atoms with Crippen LogP contribution < -0.4 is 14.8 Å². The van der Waals surface area contributed by atoms with E-state index >= 15 is 0 Å². The molecule has 0 unspecified atom stereocenters. The summed E-state index contributed by atoms with van der Waals surface area (Å²) < 4.78 is 10.4. The number of aromatic nitrogens is 2. The fraction of sp³-hybridized carbons (Fsp3) is 0.182. The first-order chi connectivity index (χ1) is 9.13. The Bertz CT molecular complexity index is 659. The maximum Gasteiger partial charge on any atom is 0.257 e. The molecule has 98 valence electrons. The summed E-state index contributed by atoms with van der Waals surface area (Å²) in [4.78, 5) is 12.0. The van der Waals surface area contributed by atoms with Gasteiger partial charge in [-0.05, 0) is 19.1 Å². The van der Waals surface area contributed by atoms with E-state index in [2.05, 4.69) is 15.5 Å². The zero-order valence-electron chi connectivity index (χ0n) is 9.77. The van der Waals surface area contributed by atoms with Gasteiger partial charge in [-0.25, -0.2) is 0 Å². The minimum atomic E-state index is -0.323. The fourth-order valence-corrected chi connectivity index (χ4v) is 2.47. The van der Waals surface area contributed by atoms with E-state index < -0.39 is 0 Å². The minimum Gasteiger partial charge on any atom is -0.454 e. The molecule has 0 saturated carbocycles. The predicted molar refractivity (Wildman–Crippen MR) is 70.2 cm³/mol. The van der Waals surface area contributed by atoms with Crippen LogP contribution in [0, 0.1) is 6.92 Å². The summed E-state index contributed by atoms with van der Waals surface area (Å²) >= 11 is 7.31. The summed E-state index contributed by atoms with van der Waals surface area (Å²) in [5, 5.41) is 11.9. The lowest BCUT2D eigenvalue weighted by Gasteiger charge is -2.04. The number of halogens is 1. The number of carbonyl (C=O) groups is 1. The molecule has 0 atom stereocenters. The molecular weight excluding hydrogens is 290 g/mol. The van der Waals surface area contributed by atoms with Gasteiger partial charge in [-0.3, -0.25) is 10.1 Å². The van der Waals surface area contributed by atoms with Crippen LogP contribution >= 0.6 is 22.9 Å². The second-order valence-electron chi connectivity index (χ2n) is 3.77. The first-order valence-electron chi connectivity index (χ1n) is 5.34. The van der Waals surface area contributed by atoms with Crippen LogP contribution in [0.25, 0.3) is 0 Å². The van der Waals surface area contributed by atoms with Crippen LogP contribution in [-0.2, 0) is 0 Å². The Labute approximate surface area is 117 Å². The Morgan fingerprint density at radius 3 is 3.00 bits per heavy atom. The van der Waals surface area contributed by atoms with Crippen molar-refractivity contribution < 1.29 is 14.3 Å². The van der Waals surface area contributed by atoms with Crippen molar-refractivity contribution in [2.75, 3.05) is 12.1 Å². The lowest BCUT2D eigenvalue weighted by Crippen LogP contribution is -2.11. The summed E-state index contributed by atoms with van der Waals surface area (Å²) in [6.45, 7) is 1.92. The van der Waals surface area contributed by atoms with Gasteiger partial charge >= 0.3 is 0 Å². The quantitative estimate of drug-likeness (QED) is 0.922. The molecule has 8 heteroatoms. The largest absolute Gasteiger partial charge is 0.454 e. The molecule has 1 amide bonds. The van der Waals surface area contributed by atoms with Crippen molar-refractivity contribution in [3.63, 3.8) is 0 Å². The molecule has 19 heavy (non-hydrogen) atoms. The maximum absolute atomic E-state index is 12.0. The van der Waals surface area contributed by atoms with Crippen molar-refractivity contribution in [3.8, 4) is 11.5 Å². The number of fused-ring (bicyclic) bond motifs is 1. The molecule has 2 heterocycles. The number of hydrogen-bond acceptors (Lipinski definition) is 6. The molecule has 1 N–H and O–H groups in total. The van der Waals surface area contributed by atoms with E-state index in [0.29, 0.717) is 27.2 Å². The number of hydrogen-bond donors (Lipinski definition) is 1. The number of benzene rings is 1. The fourth-order valence-electron chi connectivity index (χ4n) is 1.61. The summed E-state index contributed by atoms with van der Waals surface area (Å²) in [5.74, 6) is 0.604. The van der Waals surface area contributed by atoms with Crippen molar-refractivity contribution >= 4 is 34.0 Å². The van der Waals surface area contributed by atoms with Gasteiger partial charge in [0.05, 0.1) is 5.02 Å². The van der Waals surface area contributed by atoms with E-state index in [0.717, 1.165) is 5.01 Å². The van der Waals surface area contributed by atoms with Gasteiger partial charge in [0.2, 0.25) is 11.9 Å². The van der Waals surface area contributed by atoms with Crippen LogP contribution in [0.1, 0.15) is 15.4 Å². The Morgan fingerprint density at radius 1 is 1.42 bits per heavy atom. The molecule has 0 aliphatic carbocycles. The number of rotatable bonds is 2. The highest BCUT2D eigenvalue weighted by atomic mass is 35.5. The Hall–Kier alpha value is -1.86. The van der Waals surface area contributed by atoms with E-state index in [1.165, 1.54) is 17.4 Å². The van der Waals surface area contributed by atoms with Crippen LogP contribution in [0.3, 0.4) is 0 Å². The van der Waals surface area contributed by atoms with Gasteiger partial charge in [0.25, 0.3) is 5.91 Å². The van der Waals surface area contributed by atoms with Crippen LogP contribution in [-0.4, -0.2) is 22.9 Å². The smallest absolute Gasteiger partial charge is 0.257 e.